The average molecular weight is 212 g/mol. The van der Waals surface area contributed by atoms with E-state index in [1.165, 1.54) is 7.11 Å². The van der Waals surface area contributed by atoms with E-state index in [0.29, 0.717) is 11.7 Å². The number of methoxy groups -OCH3 is 1. The van der Waals surface area contributed by atoms with E-state index in [9.17, 15) is 0 Å². The first-order valence-corrected chi connectivity index (χ1v) is 3.77. The minimum atomic E-state index is -0.500. The van der Waals surface area contributed by atoms with Gasteiger partial charge in [-0.15, -0.1) is 0 Å². The van der Waals surface area contributed by atoms with Gasteiger partial charge in [0, 0.05) is 6.54 Å². The monoisotopic (exact) mass is 212 g/mol. The Balaban J connectivity index is 0. The summed E-state index contributed by atoms with van der Waals surface area (Å²) in [4.78, 5) is 0. The number of nitrogens with one attached hydrogen (secondary N) is 1. The van der Waals surface area contributed by atoms with Crippen LogP contribution in [0.3, 0.4) is 0 Å². The molecule has 0 saturated carbocycles. The van der Waals surface area contributed by atoms with Crippen molar-refractivity contribution in [2.75, 3.05) is 20.3 Å². The zero-order valence-corrected chi connectivity index (χ0v) is 8.24. The van der Waals surface area contributed by atoms with Crippen molar-refractivity contribution in [3.05, 3.63) is 0 Å². The van der Waals surface area contributed by atoms with Gasteiger partial charge in [0.05, 0.1) is 13.7 Å². The van der Waals surface area contributed by atoms with Gasteiger partial charge in [-0.25, -0.2) is 0 Å². The van der Waals surface area contributed by atoms with Crippen LogP contribution in [0.2, 0.25) is 0 Å². The maximum Gasteiger partial charge on any atom is 0.256 e. The van der Waals surface area contributed by atoms with Crippen molar-refractivity contribution >= 4 is 34.8 Å². The molecule has 0 aromatic carbocycles. The van der Waals surface area contributed by atoms with Gasteiger partial charge in [-0.1, -0.05) is 0 Å². The summed E-state index contributed by atoms with van der Waals surface area (Å²) < 4.78 is 4.56. The molecule has 0 rings (SSSR count). The third-order valence-corrected chi connectivity index (χ3v) is 0.878. The number of aliphatic hydroxyl groups excluding tert-OH is 2. The summed E-state index contributed by atoms with van der Waals surface area (Å²) >= 11 is 8.45. The lowest BCUT2D eigenvalue weighted by atomic mass is 10.7. The van der Waals surface area contributed by atoms with Gasteiger partial charge in [-0.3, -0.25) is 0 Å². The lowest BCUT2D eigenvalue weighted by Crippen LogP contribution is -2.25. The van der Waals surface area contributed by atoms with Crippen molar-refractivity contribution in [3.63, 3.8) is 0 Å². The zero-order chi connectivity index (χ0) is 9.98. The Hall–Kier alpha value is -0.660. The lowest BCUT2D eigenvalue weighted by Gasteiger charge is -2.01. The molecular formula is C5H12N2O3S2. The largest absolute Gasteiger partial charge is 0.487 e. The zero-order valence-electron chi connectivity index (χ0n) is 6.61. The molecule has 0 aromatic rings. The van der Waals surface area contributed by atoms with Crippen LogP contribution in [0, 0.1) is 0 Å². The molecule has 0 unspecified atom stereocenters. The van der Waals surface area contributed by atoms with Crippen molar-refractivity contribution < 1.29 is 14.9 Å². The molecule has 0 amide bonds. The summed E-state index contributed by atoms with van der Waals surface area (Å²) in [6.45, 7) is 0.524. The molecule has 0 aliphatic rings. The van der Waals surface area contributed by atoms with Crippen molar-refractivity contribution in [1.82, 2.24) is 5.32 Å². The third kappa shape index (κ3) is 22.8. The first kappa shape index (κ1) is 13.9. The molecule has 7 heteroatoms. The molecule has 0 bridgehead atoms. The third-order valence-electron chi connectivity index (χ3n) is 0.567. The second kappa shape index (κ2) is 10.3. The normalized spacial score (nSPS) is 7.50. The second-order valence-corrected chi connectivity index (χ2v) is 2.27. The van der Waals surface area contributed by atoms with E-state index in [2.05, 4.69) is 40.2 Å². The fourth-order valence-corrected chi connectivity index (χ4v) is 0.332. The van der Waals surface area contributed by atoms with Gasteiger partial charge in [-0.2, -0.15) is 0 Å². The van der Waals surface area contributed by atoms with Crippen LogP contribution in [-0.4, -0.2) is 40.8 Å². The first-order valence-electron chi connectivity index (χ1n) is 2.95. The Morgan fingerprint density at radius 2 is 2.00 bits per heavy atom. The van der Waals surface area contributed by atoms with Crippen LogP contribution >= 0.6 is 24.4 Å². The highest BCUT2D eigenvalue weighted by atomic mass is 32.1. The van der Waals surface area contributed by atoms with E-state index < -0.39 is 5.17 Å². The van der Waals surface area contributed by atoms with E-state index in [4.69, 9.17) is 10.2 Å². The number of hydrogen-bond acceptors (Lipinski definition) is 4. The second-order valence-electron chi connectivity index (χ2n) is 1.48. The summed E-state index contributed by atoms with van der Waals surface area (Å²) in [5, 5.41) is 18.3. The molecule has 0 radical (unpaired) electrons. The Morgan fingerprint density at radius 1 is 1.58 bits per heavy atom. The summed E-state index contributed by atoms with van der Waals surface area (Å²) in [6, 6.07) is 0. The van der Waals surface area contributed by atoms with Gasteiger partial charge < -0.3 is 26.0 Å². The molecule has 0 aliphatic heterocycles. The molecule has 0 atom stereocenters. The number of ether oxygens (including phenoxy) is 1. The van der Waals surface area contributed by atoms with Crippen LogP contribution in [0.5, 0.6) is 0 Å². The smallest absolute Gasteiger partial charge is 0.256 e. The quantitative estimate of drug-likeness (QED) is 0.450. The predicted octanol–water partition coefficient (Wildman–Crippen LogP) is -0.712. The van der Waals surface area contributed by atoms with Crippen LogP contribution in [0.1, 0.15) is 0 Å². The maximum atomic E-state index is 8.23. The Labute approximate surface area is 81.5 Å². The van der Waals surface area contributed by atoms with Crippen molar-refractivity contribution in [2.24, 2.45) is 5.73 Å². The van der Waals surface area contributed by atoms with Crippen molar-refractivity contribution in [1.29, 1.82) is 0 Å². The molecule has 12 heavy (non-hydrogen) atoms. The van der Waals surface area contributed by atoms with E-state index in [1.54, 1.807) is 0 Å². The lowest BCUT2D eigenvalue weighted by molar-refractivity contribution is 0.294. The molecule has 0 fully saturated rings. The van der Waals surface area contributed by atoms with Crippen molar-refractivity contribution in [3.8, 4) is 0 Å². The van der Waals surface area contributed by atoms with Gasteiger partial charge in [0.1, 0.15) is 0 Å². The van der Waals surface area contributed by atoms with Gasteiger partial charge >= 0.3 is 0 Å². The molecule has 0 aromatic heterocycles. The fraction of sp³-hybridized carbons (Fsp3) is 0.600. The number of hydrogen-bond donors (Lipinski definition) is 4. The SMILES string of the molecule is COC(=S)NCCO.NC(O)=S. The topological polar surface area (TPSA) is 87.7 Å². The highest BCUT2D eigenvalue weighted by Crippen LogP contribution is 1.69. The number of rotatable bonds is 2. The van der Waals surface area contributed by atoms with Crippen molar-refractivity contribution in [2.45, 2.75) is 0 Å². The predicted molar refractivity (Wildman–Crippen MR) is 54.1 cm³/mol. The minimum Gasteiger partial charge on any atom is -0.487 e. The van der Waals surface area contributed by atoms with Gasteiger partial charge in [0.15, 0.2) is 0 Å². The molecule has 0 spiro atoms. The maximum absolute atomic E-state index is 8.23. The molecule has 0 heterocycles. The molecule has 0 saturated heterocycles. The molecule has 72 valence electrons. The number of aliphatic hydroxyl groups is 2. The Bertz CT molecular complexity index is 139. The highest BCUT2D eigenvalue weighted by molar-refractivity contribution is 7.80. The van der Waals surface area contributed by atoms with E-state index in [0.717, 1.165) is 0 Å². The van der Waals surface area contributed by atoms with E-state index in [-0.39, 0.29) is 6.61 Å². The van der Waals surface area contributed by atoms with E-state index >= 15 is 0 Å². The Kier molecular flexibility index (Phi) is 12.0. The summed E-state index contributed by atoms with van der Waals surface area (Å²) in [5.41, 5.74) is 4.40. The highest BCUT2D eigenvalue weighted by Gasteiger charge is 1.87. The summed E-state index contributed by atoms with van der Waals surface area (Å²) in [5.74, 6) is 0. The van der Waals surface area contributed by atoms with Gasteiger partial charge in [0.25, 0.3) is 10.3 Å². The van der Waals surface area contributed by atoms with Crippen LogP contribution in [0.15, 0.2) is 0 Å². The van der Waals surface area contributed by atoms with Crippen LogP contribution < -0.4 is 11.1 Å². The van der Waals surface area contributed by atoms with Crippen LogP contribution in [-0.2, 0) is 4.74 Å². The van der Waals surface area contributed by atoms with Crippen LogP contribution in [0.4, 0.5) is 0 Å². The molecule has 5 nitrogen and oxygen atoms in total. The molecule has 0 aliphatic carbocycles. The standard InChI is InChI=1S/C4H9NO2S.CH3NOS/c1-7-4(8)5-2-3-6;2-1(3)4/h6H,2-3H2,1H3,(H,5,8);(H3,2,3,4). The summed E-state index contributed by atoms with van der Waals surface area (Å²) in [7, 11) is 1.48. The van der Waals surface area contributed by atoms with E-state index in [1.807, 2.05) is 0 Å². The summed E-state index contributed by atoms with van der Waals surface area (Å²) in [6.07, 6.45) is 0. The fourth-order valence-electron chi connectivity index (χ4n) is 0.230. The van der Waals surface area contributed by atoms with Gasteiger partial charge in [-0.05, 0) is 24.4 Å². The number of thiocarbonyl (C=S) groups is 2. The average Bonchev–Trinajstić information content (AvgIpc) is 1.99. The number of nitrogens with two attached hydrogens (primary N) is 1. The Morgan fingerprint density at radius 3 is 2.25 bits per heavy atom. The minimum absolute atomic E-state index is 0.0729. The van der Waals surface area contributed by atoms with Crippen LogP contribution in [0.25, 0.3) is 0 Å². The van der Waals surface area contributed by atoms with Gasteiger partial charge in [0.2, 0.25) is 0 Å². The molecular weight excluding hydrogens is 200 g/mol. The first-order chi connectivity index (χ1) is 5.54. The molecule has 5 N–H and O–H groups in total.